The molecule has 0 atom stereocenters. The molecule has 1 aliphatic heterocycles. The number of hydrogen-bond donors (Lipinski definition) is 2. The molecule has 1 fully saturated rings. The van der Waals surface area contributed by atoms with Crippen molar-refractivity contribution in [3.63, 3.8) is 0 Å². The van der Waals surface area contributed by atoms with Gasteiger partial charge in [-0.1, -0.05) is 32.9 Å². The molecule has 0 bridgehead atoms. The fraction of sp³-hybridized carbons (Fsp3) is 0.533. The van der Waals surface area contributed by atoms with E-state index in [2.05, 4.69) is 38.2 Å². The van der Waals surface area contributed by atoms with Crippen LogP contribution in [-0.2, 0) is 14.9 Å². The lowest BCUT2D eigenvalue weighted by atomic mass is 9.85. The van der Waals surface area contributed by atoms with E-state index in [1.165, 1.54) is 5.56 Å². The van der Waals surface area contributed by atoms with Crippen molar-refractivity contribution in [1.29, 1.82) is 0 Å². The Hall–Kier alpha value is -1.55. The van der Waals surface area contributed by atoms with Crippen molar-refractivity contribution in [3.8, 4) is 0 Å². The maximum atomic E-state index is 11.2. The largest absolute Gasteiger partial charge is 0.481 e. The Kier molecular flexibility index (Phi) is 3.54. The number of hydrogen-bond acceptors (Lipinski definition) is 3. The third-order valence-electron chi connectivity index (χ3n) is 3.59. The first-order valence-corrected chi connectivity index (χ1v) is 6.49. The number of nitrogens with one attached hydrogen (secondary N) is 1. The summed E-state index contributed by atoms with van der Waals surface area (Å²) in [4.78, 5) is 11.2. The lowest BCUT2D eigenvalue weighted by molar-refractivity contribution is -0.176. The van der Waals surface area contributed by atoms with E-state index in [1.54, 1.807) is 0 Å². The standard InChI is InChI=1S/C15H21NO3/c1-14(2,3)11-4-6-12(7-5-11)16-8-15(13(17)18)9-19-10-15/h4-7,16H,8-10H2,1-3H3,(H,17,18). The van der Waals surface area contributed by atoms with Gasteiger partial charge in [-0.05, 0) is 23.1 Å². The van der Waals surface area contributed by atoms with Crippen LogP contribution in [0.15, 0.2) is 24.3 Å². The number of carbonyl (C=O) groups is 1. The van der Waals surface area contributed by atoms with Gasteiger partial charge in [0.1, 0.15) is 5.41 Å². The topological polar surface area (TPSA) is 58.6 Å². The van der Waals surface area contributed by atoms with Crippen molar-refractivity contribution in [2.45, 2.75) is 26.2 Å². The highest BCUT2D eigenvalue weighted by molar-refractivity contribution is 5.77. The molecule has 4 nitrogen and oxygen atoms in total. The van der Waals surface area contributed by atoms with Gasteiger partial charge in [-0.25, -0.2) is 0 Å². The van der Waals surface area contributed by atoms with Gasteiger partial charge in [0, 0.05) is 12.2 Å². The number of benzene rings is 1. The number of ether oxygens (including phenoxy) is 1. The molecule has 0 aromatic heterocycles. The molecular weight excluding hydrogens is 242 g/mol. The van der Waals surface area contributed by atoms with Crippen molar-refractivity contribution in [3.05, 3.63) is 29.8 Å². The lowest BCUT2D eigenvalue weighted by Gasteiger charge is -2.37. The second-order valence-corrected chi connectivity index (χ2v) is 6.26. The molecule has 1 saturated heterocycles. The van der Waals surface area contributed by atoms with E-state index < -0.39 is 11.4 Å². The highest BCUT2D eigenvalue weighted by atomic mass is 16.5. The molecule has 1 heterocycles. The second kappa shape index (κ2) is 4.85. The monoisotopic (exact) mass is 263 g/mol. The van der Waals surface area contributed by atoms with E-state index >= 15 is 0 Å². The van der Waals surface area contributed by atoms with Crippen LogP contribution in [0, 0.1) is 5.41 Å². The van der Waals surface area contributed by atoms with Gasteiger partial charge >= 0.3 is 5.97 Å². The second-order valence-electron chi connectivity index (χ2n) is 6.26. The summed E-state index contributed by atoms with van der Waals surface area (Å²) in [6.07, 6.45) is 0. The molecule has 2 rings (SSSR count). The van der Waals surface area contributed by atoms with E-state index in [4.69, 9.17) is 4.74 Å². The normalized spacial score (nSPS) is 17.6. The fourth-order valence-corrected chi connectivity index (χ4v) is 2.01. The minimum atomic E-state index is -0.794. The zero-order valence-corrected chi connectivity index (χ0v) is 11.7. The van der Waals surface area contributed by atoms with Crippen LogP contribution in [-0.4, -0.2) is 30.8 Å². The van der Waals surface area contributed by atoms with E-state index in [1.807, 2.05) is 12.1 Å². The van der Waals surface area contributed by atoms with E-state index in [0.717, 1.165) is 5.69 Å². The number of aliphatic carboxylic acids is 1. The Balaban J connectivity index is 1.99. The predicted octanol–water partition coefficient (Wildman–Crippen LogP) is 2.50. The Morgan fingerprint density at radius 1 is 1.32 bits per heavy atom. The molecule has 0 amide bonds. The summed E-state index contributed by atoms with van der Waals surface area (Å²) in [5.41, 5.74) is 1.57. The molecule has 0 saturated carbocycles. The molecule has 19 heavy (non-hydrogen) atoms. The Morgan fingerprint density at radius 3 is 2.26 bits per heavy atom. The van der Waals surface area contributed by atoms with Crippen molar-refractivity contribution < 1.29 is 14.6 Å². The smallest absolute Gasteiger partial charge is 0.316 e. The zero-order valence-electron chi connectivity index (χ0n) is 11.7. The Labute approximate surface area is 113 Å². The highest BCUT2D eigenvalue weighted by Crippen LogP contribution is 2.29. The van der Waals surface area contributed by atoms with Crippen LogP contribution in [0.1, 0.15) is 26.3 Å². The summed E-state index contributed by atoms with van der Waals surface area (Å²) >= 11 is 0. The maximum absolute atomic E-state index is 11.2. The van der Waals surface area contributed by atoms with Gasteiger partial charge in [-0.2, -0.15) is 0 Å². The van der Waals surface area contributed by atoms with Crippen molar-refractivity contribution in [1.82, 2.24) is 0 Å². The van der Waals surface area contributed by atoms with Crippen molar-refractivity contribution in [2.24, 2.45) is 5.41 Å². The molecule has 104 valence electrons. The first-order valence-electron chi connectivity index (χ1n) is 6.49. The van der Waals surface area contributed by atoms with Gasteiger partial charge in [-0.15, -0.1) is 0 Å². The molecule has 0 unspecified atom stereocenters. The van der Waals surface area contributed by atoms with Crippen LogP contribution in [0.5, 0.6) is 0 Å². The fourth-order valence-electron chi connectivity index (χ4n) is 2.01. The van der Waals surface area contributed by atoms with Crippen LogP contribution < -0.4 is 5.32 Å². The predicted molar refractivity (Wildman–Crippen MR) is 74.5 cm³/mol. The summed E-state index contributed by atoms with van der Waals surface area (Å²) in [6.45, 7) is 7.48. The van der Waals surface area contributed by atoms with E-state index in [-0.39, 0.29) is 18.6 Å². The van der Waals surface area contributed by atoms with E-state index in [9.17, 15) is 9.90 Å². The molecule has 0 aliphatic carbocycles. The van der Waals surface area contributed by atoms with E-state index in [0.29, 0.717) is 6.54 Å². The first-order chi connectivity index (χ1) is 8.83. The molecule has 1 aromatic rings. The SMILES string of the molecule is CC(C)(C)c1ccc(NCC2(C(=O)O)COC2)cc1. The van der Waals surface area contributed by atoms with Crippen LogP contribution >= 0.6 is 0 Å². The molecule has 2 N–H and O–H groups in total. The molecular formula is C15H21NO3. The van der Waals surface area contributed by atoms with Crippen LogP contribution in [0.2, 0.25) is 0 Å². The summed E-state index contributed by atoms with van der Waals surface area (Å²) < 4.78 is 5.03. The van der Waals surface area contributed by atoms with Gasteiger partial charge in [-0.3, -0.25) is 4.79 Å². The van der Waals surface area contributed by atoms with Crippen molar-refractivity contribution in [2.75, 3.05) is 25.1 Å². The lowest BCUT2D eigenvalue weighted by Crippen LogP contribution is -2.53. The number of carboxylic acids is 1. The van der Waals surface area contributed by atoms with Gasteiger partial charge in [0.05, 0.1) is 13.2 Å². The third-order valence-corrected chi connectivity index (χ3v) is 3.59. The van der Waals surface area contributed by atoms with Gasteiger partial charge in [0.2, 0.25) is 0 Å². The summed E-state index contributed by atoms with van der Waals surface area (Å²) in [5.74, 6) is -0.794. The molecule has 0 radical (unpaired) electrons. The van der Waals surface area contributed by atoms with Crippen LogP contribution in [0.3, 0.4) is 0 Å². The quantitative estimate of drug-likeness (QED) is 0.876. The molecule has 4 heteroatoms. The third kappa shape index (κ3) is 2.89. The molecule has 1 aromatic carbocycles. The average molecular weight is 263 g/mol. The highest BCUT2D eigenvalue weighted by Gasteiger charge is 2.46. The maximum Gasteiger partial charge on any atom is 0.316 e. The molecule has 1 aliphatic rings. The number of anilines is 1. The first kappa shape index (κ1) is 13.9. The van der Waals surface area contributed by atoms with Crippen LogP contribution in [0.4, 0.5) is 5.69 Å². The Morgan fingerprint density at radius 2 is 1.89 bits per heavy atom. The summed E-state index contributed by atoms with van der Waals surface area (Å²) in [7, 11) is 0. The average Bonchev–Trinajstić information content (AvgIpc) is 2.26. The molecule has 0 spiro atoms. The minimum Gasteiger partial charge on any atom is -0.481 e. The minimum absolute atomic E-state index is 0.128. The van der Waals surface area contributed by atoms with Gasteiger partial charge < -0.3 is 15.2 Å². The Bertz CT molecular complexity index is 455. The summed E-state index contributed by atoms with van der Waals surface area (Å²) in [6, 6.07) is 8.14. The number of rotatable bonds is 4. The zero-order chi connectivity index (χ0) is 14.1. The van der Waals surface area contributed by atoms with Gasteiger partial charge in [0.25, 0.3) is 0 Å². The van der Waals surface area contributed by atoms with Gasteiger partial charge in [0.15, 0.2) is 0 Å². The van der Waals surface area contributed by atoms with Crippen LogP contribution in [0.25, 0.3) is 0 Å². The van der Waals surface area contributed by atoms with Crippen molar-refractivity contribution >= 4 is 11.7 Å². The summed E-state index contributed by atoms with van der Waals surface area (Å²) in [5, 5.41) is 12.4. The number of carboxylic acid groups (broad SMARTS) is 1.